The molecule has 0 spiro atoms. The average molecular weight is 300 g/mol. The number of amides is 1. The number of hydrogen-bond acceptors (Lipinski definition) is 3. The largest absolute Gasteiger partial charge is 0.345 e. The van der Waals surface area contributed by atoms with Crippen LogP contribution in [0, 0.1) is 5.82 Å². The Morgan fingerprint density at radius 1 is 1.19 bits per heavy atom. The lowest BCUT2D eigenvalue weighted by atomic mass is 10.1. The molecule has 0 aliphatic heterocycles. The second-order valence-electron chi connectivity index (χ2n) is 4.91. The number of fused-ring (bicyclic) bond motifs is 1. The van der Waals surface area contributed by atoms with Crippen LogP contribution in [0.2, 0.25) is 0 Å². The van der Waals surface area contributed by atoms with E-state index in [1.54, 1.807) is 26.2 Å². The van der Waals surface area contributed by atoms with E-state index in [4.69, 9.17) is 0 Å². The van der Waals surface area contributed by atoms with Crippen molar-refractivity contribution in [3.8, 4) is 10.6 Å². The molecule has 1 amide bonds. The van der Waals surface area contributed by atoms with E-state index in [-0.39, 0.29) is 11.7 Å². The molecule has 3 aromatic rings. The first-order chi connectivity index (χ1) is 10.0. The minimum atomic E-state index is -0.269. The molecule has 0 radical (unpaired) electrons. The molecule has 0 saturated carbocycles. The van der Waals surface area contributed by atoms with Gasteiger partial charge >= 0.3 is 0 Å². The number of halogens is 1. The summed E-state index contributed by atoms with van der Waals surface area (Å²) in [4.78, 5) is 18.0. The average Bonchev–Trinajstić information content (AvgIpc) is 2.89. The molecule has 3 rings (SSSR count). The molecular weight excluding hydrogens is 287 g/mol. The van der Waals surface area contributed by atoms with Crippen molar-refractivity contribution < 1.29 is 9.18 Å². The zero-order valence-corrected chi connectivity index (χ0v) is 12.4. The molecular formula is C16H13FN2OS. The number of carbonyl (C=O) groups excluding carboxylic acids is 1. The van der Waals surface area contributed by atoms with Crippen LogP contribution in [0.3, 0.4) is 0 Å². The normalized spacial score (nSPS) is 10.8. The van der Waals surface area contributed by atoms with Crippen LogP contribution in [0.5, 0.6) is 0 Å². The van der Waals surface area contributed by atoms with Gasteiger partial charge < -0.3 is 4.90 Å². The predicted molar refractivity (Wildman–Crippen MR) is 83.0 cm³/mol. The van der Waals surface area contributed by atoms with Gasteiger partial charge in [0, 0.05) is 25.2 Å². The minimum absolute atomic E-state index is 0.0518. The van der Waals surface area contributed by atoms with Crippen molar-refractivity contribution in [1.82, 2.24) is 9.88 Å². The van der Waals surface area contributed by atoms with E-state index in [0.29, 0.717) is 5.56 Å². The Hall–Kier alpha value is -2.27. The molecule has 0 saturated heterocycles. The molecule has 1 aromatic heterocycles. The van der Waals surface area contributed by atoms with Crippen LogP contribution in [0.25, 0.3) is 20.8 Å². The predicted octanol–water partition coefficient (Wildman–Crippen LogP) is 3.80. The summed E-state index contributed by atoms with van der Waals surface area (Å²) in [5, 5.41) is 0.781. The van der Waals surface area contributed by atoms with Crippen molar-refractivity contribution in [3.63, 3.8) is 0 Å². The van der Waals surface area contributed by atoms with Crippen molar-refractivity contribution >= 4 is 27.5 Å². The van der Waals surface area contributed by atoms with Gasteiger partial charge in [0.05, 0.1) is 10.2 Å². The van der Waals surface area contributed by atoms with Crippen LogP contribution >= 0.6 is 11.3 Å². The fraction of sp³-hybridized carbons (Fsp3) is 0.125. The van der Waals surface area contributed by atoms with E-state index in [2.05, 4.69) is 4.98 Å². The van der Waals surface area contributed by atoms with Gasteiger partial charge in [-0.05, 0) is 30.3 Å². The second kappa shape index (κ2) is 5.26. The van der Waals surface area contributed by atoms with Crippen molar-refractivity contribution in [3.05, 3.63) is 53.8 Å². The fourth-order valence-electron chi connectivity index (χ4n) is 2.07. The molecule has 0 atom stereocenters. The number of hydrogen-bond donors (Lipinski definition) is 0. The third-order valence-corrected chi connectivity index (χ3v) is 4.18. The number of nitrogens with zero attached hydrogens (tertiary/aromatic N) is 2. The van der Waals surface area contributed by atoms with Crippen molar-refractivity contribution in [2.24, 2.45) is 0 Å². The molecule has 5 heteroatoms. The monoisotopic (exact) mass is 300 g/mol. The first kappa shape index (κ1) is 13.7. The van der Waals surface area contributed by atoms with Crippen LogP contribution < -0.4 is 0 Å². The van der Waals surface area contributed by atoms with Crippen LogP contribution in [0.1, 0.15) is 10.4 Å². The van der Waals surface area contributed by atoms with E-state index in [1.165, 1.54) is 28.4 Å². The lowest BCUT2D eigenvalue weighted by Gasteiger charge is -2.10. The number of rotatable bonds is 2. The van der Waals surface area contributed by atoms with E-state index < -0.39 is 0 Å². The molecule has 0 bridgehead atoms. The summed E-state index contributed by atoms with van der Waals surface area (Å²) >= 11 is 1.42. The molecule has 2 aromatic carbocycles. The zero-order chi connectivity index (χ0) is 15.0. The maximum atomic E-state index is 13.2. The third kappa shape index (κ3) is 2.64. The lowest BCUT2D eigenvalue weighted by molar-refractivity contribution is 0.0827. The first-order valence-electron chi connectivity index (χ1n) is 6.43. The number of carbonyl (C=O) groups is 1. The molecule has 3 nitrogen and oxygen atoms in total. The summed E-state index contributed by atoms with van der Waals surface area (Å²) in [7, 11) is 3.44. The van der Waals surface area contributed by atoms with Crippen molar-refractivity contribution in [2.75, 3.05) is 14.1 Å². The molecule has 0 unspecified atom stereocenters. The van der Waals surface area contributed by atoms with Gasteiger partial charge in [0.2, 0.25) is 0 Å². The van der Waals surface area contributed by atoms with Gasteiger partial charge in [-0.25, -0.2) is 9.37 Å². The van der Waals surface area contributed by atoms with Gasteiger partial charge in [-0.3, -0.25) is 4.79 Å². The van der Waals surface area contributed by atoms with E-state index >= 15 is 0 Å². The second-order valence-corrected chi connectivity index (χ2v) is 5.94. The van der Waals surface area contributed by atoms with Crippen molar-refractivity contribution in [1.29, 1.82) is 0 Å². The highest BCUT2D eigenvalue weighted by atomic mass is 32.1. The van der Waals surface area contributed by atoms with Crippen LogP contribution in [-0.4, -0.2) is 29.9 Å². The number of aromatic nitrogens is 1. The Balaban J connectivity index is 2.06. The summed E-state index contributed by atoms with van der Waals surface area (Å²) < 4.78 is 14.0. The standard InChI is InChI=1S/C16H13FN2OS/c1-19(2)16(20)11-5-3-4-10(8-11)15-18-13-7-6-12(17)9-14(13)21-15/h3-9H,1-2H3. The Labute approximate surface area is 125 Å². The SMILES string of the molecule is CN(C)C(=O)c1cccc(-c2nc3ccc(F)cc3s2)c1. The molecule has 0 aliphatic carbocycles. The topological polar surface area (TPSA) is 33.2 Å². The summed E-state index contributed by atoms with van der Waals surface area (Å²) in [6.07, 6.45) is 0. The highest BCUT2D eigenvalue weighted by Gasteiger charge is 2.11. The van der Waals surface area contributed by atoms with E-state index in [0.717, 1.165) is 20.8 Å². The van der Waals surface area contributed by atoms with E-state index in [9.17, 15) is 9.18 Å². The molecule has 1 heterocycles. The van der Waals surface area contributed by atoms with E-state index in [1.807, 2.05) is 18.2 Å². The molecule has 0 fully saturated rings. The molecule has 0 aliphatic rings. The quantitative estimate of drug-likeness (QED) is 0.721. The summed E-state index contributed by atoms with van der Waals surface area (Å²) in [5.41, 5.74) is 2.24. The molecule has 106 valence electrons. The highest BCUT2D eigenvalue weighted by molar-refractivity contribution is 7.21. The number of thiazole rings is 1. The minimum Gasteiger partial charge on any atom is -0.345 e. The van der Waals surface area contributed by atoms with Crippen LogP contribution in [0.4, 0.5) is 4.39 Å². The summed E-state index contributed by atoms with van der Waals surface area (Å²) in [6, 6.07) is 11.9. The third-order valence-electron chi connectivity index (χ3n) is 3.11. The Kier molecular flexibility index (Phi) is 3.43. The van der Waals surface area contributed by atoms with Gasteiger partial charge in [0.15, 0.2) is 0 Å². The Morgan fingerprint density at radius 3 is 2.76 bits per heavy atom. The Morgan fingerprint density at radius 2 is 2.00 bits per heavy atom. The van der Waals surface area contributed by atoms with Gasteiger partial charge in [-0.2, -0.15) is 0 Å². The highest BCUT2D eigenvalue weighted by Crippen LogP contribution is 2.31. The maximum Gasteiger partial charge on any atom is 0.253 e. The zero-order valence-electron chi connectivity index (χ0n) is 11.6. The van der Waals surface area contributed by atoms with Crippen molar-refractivity contribution in [2.45, 2.75) is 0 Å². The summed E-state index contributed by atoms with van der Waals surface area (Å²) in [6.45, 7) is 0. The van der Waals surface area contributed by atoms with Crippen LogP contribution in [0.15, 0.2) is 42.5 Å². The fourth-order valence-corrected chi connectivity index (χ4v) is 3.05. The first-order valence-corrected chi connectivity index (χ1v) is 7.24. The Bertz CT molecular complexity index is 826. The maximum absolute atomic E-state index is 13.2. The summed E-state index contributed by atoms with van der Waals surface area (Å²) in [5.74, 6) is -0.321. The number of benzene rings is 2. The van der Waals surface area contributed by atoms with Gasteiger partial charge in [-0.15, -0.1) is 11.3 Å². The molecule has 21 heavy (non-hydrogen) atoms. The molecule has 0 N–H and O–H groups in total. The van der Waals surface area contributed by atoms with Gasteiger partial charge in [0.25, 0.3) is 5.91 Å². The lowest BCUT2D eigenvalue weighted by Crippen LogP contribution is -2.21. The smallest absolute Gasteiger partial charge is 0.253 e. The van der Waals surface area contributed by atoms with Gasteiger partial charge in [0.1, 0.15) is 10.8 Å². The van der Waals surface area contributed by atoms with Crippen LogP contribution in [-0.2, 0) is 0 Å². The van der Waals surface area contributed by atoms with Gasteiger partial charge in [-0.1, -0.05) is 12.1 Å².